The predicted molar refractivity (Wildman–Crippen MR) is 143 cm³/mol. The summed E-state index contributed by atoms with van der Waals surface area (Å²) in [6, 6.07) is 28.5. The van der Waals surface area contributed by atoms with Crippen molar-refractivity contribution in [2.24, 2.45) is 0 Å². The van der Waals surface area contributed by atoms with E-state index in [1.165, 1.54) is 11.1 Å². The number of benzene rings is 3. The van der Waals surface area contributed by atoms with E-state index in [9.17, 15) is 30.3 Å². The van der Waals surface area contributed by atoms with Gasteiger partial charge < -0.3 is 5.11 Å². The summed E-state index contributed by atoms with van der Waals surface area (Å²) >= 11 is 1.98. The van der Waals surface area contributed by atoms with Gasteiger partial charge in [0.1, 0.15) is 0 Å². The Hall–Kier alpha value is -4.84. The van der Waals surface area contributed by atoms with Gasteiger partial charge in [0, 0.05) is 11.9 Å². The fraction of sp³-hybridized carbons (Fsp3) is 0.115. The normalized spacial score (nSPS) is 10.3. The van der Waals surface area contributed by atoms with Crippen LogP contribution in [0.4, 0.5) is 17.1 Å². The molecule has 12 heteroatoms. The molecule has 0 unspecified atom stereocenters. The van der Waals surface area contributed by atoms with E-state index in [-0.39, 0.29) is 0 Å². The second kappa shape index (κ2) is 13.5. The molecule has 11 nitrogen and oxygen atoms in total. The highest BCUT2D eigenvalue weighted by atomic mass is 32.2. The summed E-state index contributed by atoms with van der Waals surface area (Å²) < 4.78 is 0. The summed E-state index contributed by atoms with van der Waals surface area (Å²) in [4.78, 5) is 32.2. The third-order valence-corrected chi connectivity index (χ3v) is 6.55. The van der Waals surface area contributed by atoms with Gasteiger partial charge in [-0.15, -0.1) is 11.8 Å². The van der Waals surface area contributed by atoms with Crippen molar-refractivity contribution in [3.8, 4) is 5.75 Å². The highest BCUT2D eigenvalue weighted by Crippen LogP contribution is 2.39. The maximum atomic E-state index is 10.4. The van der Waals surface area contributed by atoms with Crippen molar-refractivity contribution < 1.29 is 19.9 Å². The van der Waals surface area contributed by atoms with Crippen LogP contribution in [0, 0.1) is 30.3 Å². The van der Waals surface area contributed by atoms with E-state index in [1.54, 1.807) is 0 Å². The molecule has 1 aromatic heterocycles. The van der Waals surface area contributed by atoms with Crippen molar-refractivity contribution in [1.82, 2.24) is 4.98 Å². The molecule has 1 N–H and O–H groups in total. The van der Waals surface area contributed by atoms with E-state index in [1.807, 2.05) is 24.0 Å². The van der Waals surface area contributed by atoms with Gasteiger partial charge in [0.25, 0.3) is 11.4 Å². The largest absolute Gasteiger partial charge is 0.497 e. The van der Waals surface area contributed by atoms with Crippen LogP contribution in [0.5, 0.6) is 5.75 Å². The van der Waals surface area contributed by atoms with Gasteiger partial charge in [-0.3, -0.25) is 35.3 Å². The maximum Gasteiger partial charge on any atom is 0.324 e. The van der Waals surface area contributed by atoms with Gasteiger partial charge >= 0.3 is 11.4 Å². The van der Waals surface area contributed by atoms with Gasteiger partial charge in [-0.1, -0.05) is 66.7 Å². The van der Waals surface area contributed by atoms with E-state index in [0.29, 0.717) is 17.4 Å². The Bertz CT molecular complexity index is 1320. The molecule has 4 rings (SSSR count). The highest BCUT2D eigenvalue weighted by molar-refractivity contribution is 7.99. The van der Waals surface area contributed by atoms with E-state index >= 15 is 0 Å². The summed E-state index contributed by atoms with van der Waals surface area (Å²) in [5, 5.41) is 40.6. The Balaban J connectivity index is 0.000000223. The molecule has 0 aliphatic rings. The molecule has 0 atom stereocenters. The first-order chi connectivity index (χ1) is 18.3. The number of thioether (sulfide) groups is 1. The zero-order valence-electron chi connectivity index (χ0n) is 19.8. The molecule has 0 spiro atoms. The molecule has 0 fully saturated rings. The van der Waals surface area contributed by atoms with Crippen LogP contribution in [-0.4, -0.2) is 30.6 Å². The average molecular weight is 535 g/mol. The molecule has 0 aliphatic heterocycles. The lowest BCUT2D eigenvalue weighted by Gasteiger charge is -2.17. The lowest BCUT2D eigenvalue weighted by molar-refractivity contribution is -0.404. The fourth-order valence-corrected chi connectivity index (χ4v) is 4.70. The Morgan fingerprint density at radius 1 is 0.737 bits per heavy atom. The number of nitro groups is 3. The Labute approximate surface area is 221 Å². The summed E-state index contributed by atoms with van der Waals surface area (Å²) in [5.74, 6) is -0.147. The van der Waals surface area contributed by atoms with Crippen LogP contribution in [0.3, 0.4) is 0 Å². The minimum Gasteiger partial charge on any atom is -0.497 e. The zero-order chi connectivity index (χ0) is 27.5. The summed E-state index contributed by atoms with van der Waals surface area (Å²) in [7, 11) is 0. The van der Waals surface area contributed by atoms with Crippen LogP contribution >= 0.6 is 11.8 Å². The van der Waals surface area contributed by atoms with Crippen LogP contribution in [-0.2, 0) is 6.42 Å². The lowest BCUT2D eigenvalue weighted by atomic mass is 10.0. The number of aryl methyl sites for hydroxylation is 1. The standard InChI is InChI=1S/C20H19NS.C6H3N3O7/c1-3-9-17(10-4-1)20(18-11-5-2-6-12-18)22-16-14-19-13-7-8-15-21-19;10-6-4(8(13)14)1-3(7(11)12)2-5(6)9(15)16/h1-13,15,20H,14,16H2;1-2,10H. The number of rotatable bonds is 9. The van der Waals surface area contributed by atoms with Gasteiger partial charge in [-0.05, 0) is 35.4 Å². The molecule has 0 aliphatic carbocycles. The minimum absolute atomic E-state index is 0.381. The first-order valence-corrected chi connectivity index (χ1v) is 12.2. The van der Waals surface area contributed by atoms with Crippen molar-refractivity contribution in [1.29, 1.82) is 0 Å². The molecule has 4 aromatic rings. The number of phenols is 1. The summed E-state index contributed by atoms with van der Waals surface area (Å²) in [6.07, 6.45) is 2.87. The maximum absolute atomic E-state index is 10.4. The van der Waals surface area contributed by atoms with Crippen LogP contribution in [0.1, 0.15) is 22.1 Å². The Morgan fingerprint density at radius 2 is 1.24 bits per heavy atom. The highest BCUT2D eigenvalue weighted by Gasteiger charge is 2.30. The molecule has 0 amide bonds. The van der Waals surface area contributed by atoms with Gasteiger partial charge in [0.15, 0.2) is 0 Å². The third-order valence-electron chi connectivity index (χ3n) is 5.23. The third kappa shape index (κ3) is 7.58. The number of nitrogens with zero attached hydrogens (tertiary/aromatic N) is 4. The van der Waals surface area contributed by atoms with E-state index in [2.05, 4.69) is 77.8 Å². The van der Waals surface area contributed by atoms with Crippen LogP contribution in [0.2, 0.25) is 0 Å². The molecule has 0 saturated heterocycles. The molecular weight excluding hydrogens is 512 g/mol. The van der Waals surface area contributed by atoms with Crippen LogP contribution in [0.15, 0.2) is 97.2 Å². The van der Waals surface area contributed by atoms with Crippen molar-refractivity contribution in [3.63, 3.8) is 0 Å². The molecular formula is C26H22N4O7S. The summed E-state index contributed by atoms with van der Waals surface area (Å²) in [6.45, 7) is 0. The van der Waals surface area contributed by atoms with Crippen LogP contribution in [0.25, 0.3) is 0 Å². The molecule has 38 heavy (non-hydrogen) atoms. The van der Waals surface area contributed by atoms with Crippen molar-refractivity contribution in [2.75, 3.05) is 5.75 Å². The second-order valence-corrected chi connectivity index (χ2v) is 8.96. The predicted octanol–water partition coefficient (Wildman–Crippen LogP) is 6.26. The number of aromatic hydroxyl groups is 1. The molecule has 0 bridgehead atoms. The van der Waals surface area contributed by atoms with E-state index in [0.717, 1.165) is 17.9 Å². The fourth-order valence-electron chi connectivity index (χ4n) is 3.44. The Morgan fingerprint density at radius 3 is 1.66 bits per heavy atom. The van der Waals surface area contributed by atoms with E-state index in [4.69, 9.17) is 5.11 Å². The zero-order valence-corrected chi connectivity index (χ0v) is 20.6. The van der Waals surface area contributed by atoms with Crippen molar-refractivity contribution in [3.05, 3.63) is 144 Å². The summed E-state index contributed by atoms with van der Waals surface area (Å²) in [5.41, 5.74) is 0.882. The number of nitro benzene ring substituents is 3. The SMILES string of the molecule is O=[N+]([O-])c1cc([N+](=O)[O-])c(O)c([N+](=O)[O-])c1.c1ccc(C(SCCc2ccccn2)c2ccccc2)cc1. The number of hydrogen-bond acceptors (Lipinski definition) is 9. The van der Waals surface area contributed by atoms with Gasteiger partial charge in [-0.25, -0.2) is 0 Å². The lowest BCUT2D eigenvalue weighted by Crippen LogP contribution is -2.00. The first kappa shape index (κ1) is 27.7. The monoisotopic (exact) mass is 534 g/mol. The van der Waals surface area contributed by atoms with Crippen molar-refractivity contribution >= 4 is 28.8 Å². The molecule has 1 heterocycles. The number of phenolic OH excluding ortho intramolecular Hbond substituents is 1. The van der Waals surface area contributed by atoms with Gasteiger partial charge in [0.05, 0.1) is 32.2 Å². The Kier molecular flexibility index (Phi) is 9.83. The number of aromatic nitrogens is 1. The second-order valence-electron chi connectivity index (χ2n) is 7.75. The number of hydrogen-bond donors (Lipinski definition) is 1. The van der Waals surface area contributed by atoms with Crippen LogP contribution < -0.4 is 0 Å². The van der Waals surface area contributed by atoms with Gasteiger partial charge in [-0.2, -0.15) is 0 Å². The number of pyridine rings is 1. The quantitative estimate of drug-likeness (QED) is 0.193. The minimum atomic E-state index is -1.21. The molecule has 0 radical (unpaired) electrons. The first-order valence-electron chi connectivity index (χ1n) is 11.2. The van der Waals surface area contributed by atoms with E-state index < -0.39 is 37.6 Å². The average Bonchev–Trinajstić information content (AvgIpc) is 2.92. The molecule has 194 valence electrons. The smallest absolute Gasteiger partial charge is 0.324 e. The molecule has 0 saturated carbocycles. The number of non-ortho nitro benzene ring substituents is 1. The van der Waals surface area contributed by atoms with Crippen molar-refractivity contribution in [2.45, 2.75) is 11.7 Å². The van der Waals surface area contributed by atoms with Gasteiger partial charge in [0.2, 0.25) is 0 Å². The topological polar surface area (TPSA) is 163 Å². The molecule has 3 aromatic carbocycles.